The van der Waals surface area contributed by atoms with Crippen molar-refractivity contribution in [1.29, 1.82) is 0 Å². The Bertz CT molecular complexity index is 804. The van der Waals surface area contributed by atoms with Gasteiger partial charge in [-0.15, -0.1) is 0 Å². The summed E-state index contributed by atoms with van der Waals surface area (Å²) >= 11 is 5.69. The first-order valence-electron chi connectivity index (χ1n) is 6.32. The average Bonchev–Trinajstić information content (AvgIpc) is 2.50. The third-order valence-electron chi connectivity index (χ3n) is 2.84. The van der Waals surface area contributed by atoms with E-state index in [4.69, 9.17) is 11.6 Å². The van der Waals surface area contributed by atoms with Crippen LogP contribution in [0.1, 0.15) is 5.56 Å². The molecule has 8 heteroatoms. The quantitative estimate of drug-likeness (QED) is 0.343. The lowest BCUT2D eigenvalue weighted by Crippen LogP contribution is -2.09. The van der Waals surface area contributed by atoms with Crippen molar-refractivity contribution in [1.82, 2.24) is 0 Å². The van der Waals surface area contributed by atoms with E-state index in [1.165, 1.54) is 36.4 Å². The number of nitrogens with zero attached hydrogens (tertiary/aromatic N) is 1. The van der Waals surface area contributed by atoms with Gasteiger partial charge in [0.1, 0.15) is 5.69 Å². The summed E-state index contributed by atoms with van der Waals surface area (Å²) in [6.45, 7) is 0. The van der Waals surface area contributed by atoms with Crippen molar-refractivity contribution in [2.24, 2.45) is 0 Å². The van der Waals surface area contributed by atoms with E-state index in [9.17, 15) is 25.1 Å². The highest BCUT2D eigenvalue weighted by Gasteiger charge is 2.15. The van der Waals surface area contributed by atoms with Crippen LogP contribution in [0.25, 0.3) is 6.08 Å². The molecule has 0 unspecified atom stereocenters. The first-order valence-corrected chi connectivity index (χ1v) is 6.69. The number of benzene rings is 2. The van der Waals surface area contributed by atoms with Crippen molar-refractivity contribution < 1.29 is 19.9 Å². The molecular weight excluding hydrogens is 324 g/mol. The molecule has 0 aliphatic rings. The van der Waals surface area contributed by atoms with Gasteiger partial charge in [0.05, 0.1) is 4.92 Å². The van der Waals surface area contributed by atoms with Gasteiger partial charge in [0.25, 0.3) is 5.69 Å². The molecule has 0 fully saturated rings. The van der Waals surface area contributed by atoms with Crippen LogP contribution in [0.2, 0.25) is 5.02 Å². The first kappa shape index (κ1) is 16.3. The van der Waals surface area contributed by atoms with Gasteiger partial charge < -0.3 is 15.5 Å². The summed E-state index contributed by atoms with van der Waals surface area (Å²) in [5, 5.41) is 32.0. The third-order valence-corrected chi connectivity index (χ3v) is 3.08. The Hall–Kier alpha value is -3.06. The van der Waals surface area contributed by atoms with E-state index in [-0.39, 0.29) is 27.9 Å². The summed E-state index contributed by atoms with van der Waals surface area (Å²) in [6.07, 6.45) is 2.53. The minimum atomic E-state index is -0.650. The Morgan fingerprint density at radius 1 is 1.17 bits per heavy atom. The molecule has 0 spiro atoms. The summed E-state index contributed by atoms with van der Waals surface area (Å²) < 4.78 is 0. The van der Waals surface area contributed by atoms with Crippen molar-refractivity contribution in [2.75, 3.05) is 5.32 Å². The maximum atomic E-state index is 11.8. The minimum absolute atomic E-state index is 0.0163. The van der Waals surface area contributed by atoms with Crippen LogP contribution in [-0.2, 0) is 4.79 Å². The predicted molar refractivity (Wildman–Crippen MR) is 85.5 cm³/mol. The van der Waals surface area contributed by atoms with Crippen LogP contribution in [0.5, 0.6) is 11.5 Å². The number of hydrogen-bond acceptors (Lipinski definition) is 5. The molecule has 0 saturated heterocycles. The van der Waals surface area contributed by atoms with Crippen LogP contribution in [0.4, 0.5) is 11.4 Å². The molecule has 7 nitrogen and oxygen atoms in total. The number of hydrogen-bond donors (Lipinski definition) is 3. The van der Waals surface area contributed by atoms with Gasteiger partial charge in [-0.2, -0.15) is 0 Å². The molecule has 2 rings (SSSR count). The number of nitro groups is 1. The lowest BCUT2D eigenvalue weighted by molar-refractivity contribution is -0.383. The van der Waals surface area contributed by atoms with E-state index < -0.39 is 10.8 Å². The van der Waals surface area contributed by atoms with Crippen molar-refractivity contribution in [2.45, 2.75) is 0 Å². The summed E-state index contributed by atoms with van der Waals surface area (Å²) in [6, 6.07) is 7.92. The molecule has 0 saturated carbocycles. The second kappa shape index (κ2) is 6.80. The summed E-state index contributed by atoms with van der Waals surface area (Å²) in [4.78, 5) is 22.1. The number of aromatic hydroxyl groups is 2. The topological polar surface area (TPSA) is 113 Å². The Balaban J connectivity index is 2.15. The molecule has 3 N–H and O–H groups in total. The maximum absolute atomic E-state index is 11.8. The SMILES string of the molecule is O=C(/C=C/c1ccc(O)c(O)c1)Nc1ccc(Cl)cc1[N+](=O)[O-]. The zero-order valence-corrected chi connectivity index (χ0v) is 12.3. The van der Waals surface area contributed by atoms with Crippen molar-refractivity contribution in [3.8, 4) is 11.5 Å². The summed E-state index contributed by atoms with van der Waals surface area (Å²) in [5.74, 6) is -1.19. The Morgan fingerprint density at radius 2 is 1.91 bits per heavy atom. The van der Waals surface area contributed by atoms with Crippen LogP contribution < -0.4 is 5.32 Å². The second-order valence-corrected chi connectivity index (χ2v) is 4.93. The highest BCUT2D eigenvalue weighted by molar-refractivity contribution is 6.31. The molecule has 0 aliphatic carbocycles. The van der Waals surface area contributed by atoms with Gasteiger partial charge >= 0.3 is 0 Å². The number of anilines is 1. The lowest BCUT2D eigenvalue weighted by atomic mass is 10.2. The Labute approximate surface area is 135 Å². The van der Waals surface area contributed by atoms with Crippen molar-refractivity contribution >= 4 is 35.0 Å². The monoisotopic (exact) mass is 334 g/mol. The molecule has 0 aromatic heterocycles. The average molecular weight is 335 g/mol. The van der Waals surface area contributed by atoms with Crippen LogP contribution in [-0.4, -0.2) is 21.0 Å². The molecule has 0 bridgehead atoms. The van der Waals surface area contributed by atoms with E-state index >= 15 is 0 Å². The second-order valence-electron chi connectivity index (χ2n) is 4.49. The number of phenolic OH excluding ortho intramolecular Hbond substituents is 2. The van der Waals surface area contributed by atoms with Gasteiger partial charge in [-0.05, 0) is 35.9 Å². The fourth-order valence-electron chi connectivity index (χ4n) is 1.75. The fraction of sp³-hybridized carbons (Fsp3) is 0. The van der Waals surface area contributed by atoms with E-state index in [1.807, 2.05) is 0 Å². The van der Waals surface area contributed by atoms with Gasteiger partial charge in [0.2, 0.25) is 5.91 Å². The molecular formula is C15H11ClN2O5. The molecule has 0 aliphatic heterocycles. The molecule has 2 aromatic carbocycles. The number of carbonyl (C=O) groups is 1. The predicted octanol–water partition coefficient (Wildman–Crippen LogP) is 3.31. The highest BCUT2D eigenvalue weighted by Crippen LogP contribution is 2.28. The molecule has 23 heavy (non-hydrogen) atoms. The van der Waals surface area contributed by atoms with Gasteiger partial charge in [0.15, 0.2) is 11.5 Å². The highest BCUT2D eigenvalue weighted by atomic mass is 35.5. The Morgan fingerprint density at radius 3 is 2.57 bits per heavy atom. The van der Waals surface area contributed by atoms with E-state index in [2.05, 4.69) is 5.32 Å². The number of carbonyl (C=O) groups excluding carboxylic acids is 1. The number of halogens is 1. The van der Waals surface area contributed by atoms with Crippen molar-refractivity contribution in [3.05, 3.63) is 63.2 Å². The molecule has 0 heterocycles. The maximum Gasteiger partial charge on any atom is 0.294 e. The summed E-state index contributed by atoms with van der Waals surface area (Å²) in [7, 11) is 0. The number of nitro benzene ring substituents is 1. The van der Waals surface area contributed by atoms with Gasteiger partial charge in [-0.1, -0.05) is 17.7 Å². The normalized spacial score (nSPS) is 10.7. The number of phenols is 2. The van der Waals surface area contributed by atoms with E-state index in [1.54, 1.807) is 0 Å². The molecule has 0 atom stereocenters. The molecule has 118 valence electrons. The lowest BCUT2D eigenvalue weighted by Gasteiger charge is -2.04. The van der Waals surface area contributed by atoms with Crippen LogP contribution in [0.3, 0.4) is 0 Å². The van der Waals surface area contributed by atoms with E-state index in [0.717, 1.165) is 12.1 Å². The van der Waals surface area contributed by atoms with Gasteiger partial charge in [-0.25, -0.2) is 0 Å². The zero-order valence-electron chi connectivity index (χ0n) is 11.6. The minimum Gasteiger partial charge on any atom is -0.504 e. The van der Waals surface area contributed by atoms with Crippen LogP contribution in [0, 0.1) is 10.1 Å². The number of rotatable bonds is 4. The number of nitrogens with one attached hydrogen (secondary N) is 1. The molecule has 2 aromatic rings. The van der Waals surface area contributed by atoms with Crippen molar-refractivity contribution in [3.63, 3.8) is 0 Å². The smallest absolute Gasteiger partial charge is 0.294 e. The number of amides is 1. The van der Waals surface area contributed by atoms with Crippen LogP contribution >= 0.6 is 11.6 Å². The van der Waals surface area contributed by atoms with Gasteiger partial charge in [0, 0.05) is 17.2 Å². The van der Waals surface area contributed by atoms with Crippen LogP contribution in [0.15, 0.2) is 42.5 Å². The van der Waals surface area contributed by atoms with E-state index in [0.29, 0.717) is 5.56 Å². The molecule has 0 radical (unpaired) electrons. The largest absolute Gasteiger partial charge is 0.504 e. The summed E-state index contributed by atoms with van der Waals surface area (Å²) in [5.41, 5.74) is 0.171. The first-order chi connectivity index (χ1) is 10.9. The standard InChI is InChI=1S/C15H11ClN2O5/c16-10-3-4-11(12(8-10)18(22)23)17-15(21)6-2-9-1-5-13(19)14(20)7-9/h1-8,19-20H,(H,17,21)/b6-2+. The zero-order chi connectivity index (χ0) is 17.0. The third kappa shape index (κ3) is 4.21. The molecule has 1 amide bonds. The van der Waals surface area contributed by atoms with Gasteiger partial charge in [-0.3, -0.25) is 14.9 Å². The fourth-order valence-corrected chi connectivity index (χ4v) is 1.92. The Kier molecular flexibility index (Phi) is 4.82.